The Morgan fingerprint density at radius 1 is 1.42 bits per heavy atom. The largest absolute Gasteiger partial charge is 0.384 e. The summed E-state index contributed by atoms with van der Waals surface area (Å²) in [6.07, 6.45) is 0. The van der Waals surface area contributed by atoms with Gasteiger partial charge in [0.05, 0.1) is 0 Å². The molecule has 0 saturated heterocycles. The summed E-state index contributed by atoms with van der Waals surface area (Å²) in [6.45, 7) is 8.39. The number of hydrogen-bond acceptors (Lipinski definition) is 2. The van der Waals surface area contributed by atoms with Crippen LogP contribution < -0.4 is 0 Å². The third-order valence-electron chi connectivity index (χ3n) is 3.09. The Bertz CT molecular complexity index is 509. The Balaban J connectivity index is 3.17. The van der Waals surface area contributed by atoms with Gasteiger partial charge < -0.3 is 10.0 Å². The minimum Gasteiger partial charge on any atom is -0.384 e. The van der Waals surface area contributed by atoms with Gasteiger partial charge in [-0.3, -0.25) is 4.79 Å². The highest BCUT2D eigenvalue weighted by atomic mass is 16.2. The third-order valence-corrected chi connectivity index (χ3v) is 3.09. The molecule has 3 nitrogen and oxygen atoms in total. The van der Waals surface area contributed by atoms with Gasteiger partial charge in [-0.1, -0.05) is 17.9 Å². The van der Waals surface area contributed by atoms with E-state index in [-0.39, 0.29) is 18.6 Å². The number of aliphatic hydroxyl groups is 1. The SMILES string of the molecule is CCN(C(=O)c1cccc(C#CCO)c1C)C(C)C. The van der Waals surface area contributed by atoms with E-state index >= 15 is 0 Å². The fourth-order valence-corrected chi connectivity index (χ4v) is 2.04. The minimum absolute atomic E-state index is 0.0302. The van der Waals surface area contributed by atoms with Crippen LogP contribution >= 0.6 is 0 Å². The van der Waals surface area contributed by atoms with Gasteiger partial charge in [0, 0.05) is 23.7 Å². The molecule has 0 aliphatic heterocycles. The first kappa shape index (κ1) is 15.3. The van der Waals surface area contributed by atoms with E-state index in [9.17, 15) is 4.79 Å². The van der Waals surface area contributed by atoms with Crippen molar-refractivity contribution in [3.63, 3.8) is 0 Å². The van der Waals surface area contributed by atoms with Gasteiger partial charge in [0.1, 0.15) is 6.61 Å². The topological polar surface area (TPSA) is 40.5 Å². The molecule has 1 aromatic rings. The molecule has 1 N–H and O–H groups in total. The zero-order valence-electron chi connectivity index (χ0n) is 12.0. The number of carbonyl (C=O) groups excluding carboxylic acids is 1. The molecule has 3 heteroatoms. The van der Waals surface area contributed by atoms with Crippen molar-refractivity contribution in [2.24, 2.45) is 0 Å². The molecule has 0 aliphatic rings. The highest BCUT2D eigenvalue weighted by Crippen LogP contribution is 2.16. The number of carbonyl (C=O) groups is 1. The second-order valence-electron chi connectivity index (χ2n) is 4.62. The monoisotopic (exact) mass is 259 g/mol. The van der Waals surface area contributed by atoms with E-state index in [1.807, 2.05) is 50.8 Å². The minimum atomic E-state index is -0.176. The summed E-state index contributed by atoms with van der Waals surface area (Å²) in [5.41, 5.74) is 2.34. The number of nitrogens with zero attached hydrogens (tertiary/aromatic N) is 1. The molecule has 1 rings (SSSR count). The van der Waals surface area contributed by atoms with E-state index in [0.717, 1.165) is 11.1 Å². The maximum atomic E-state index is 12.5. The van der Waals surface area contributed by atoms with Crippen molar-refractivity contribution in [1.29, 1.82) is 0 Å². The summed E-state index contributed by atoms with van der Waals surface area (Å²) in [5.74, 6) is 5.52. The van der Waals surface area contributed by atoms with Crippen LogP contribution in [0.5, 0.6) is 0 Å². The molecule has 0 aliphatic carbocycles. The van der Waals surface area contributed by atoms with Gasteiger partial charge in [-0.15, -0.1) is 0 Å². The second-order valence-corrected chi connectivity index (χ2v) is 4.62. The number of aliphatic hydroxyl groups excluding tert-OH is 1. The van der Waals surface area contributed by atoms with E-state index in [1.165, 1.54) is 0 Å². The number of amides is 1. The fraction of sp³-hybridized carbons (Fsp3) is 0.438. The van der Waals surface area contributed by atoms with Crippen LogP contribution in [-0.2, 0) is 0 Å². The van der Waals surface area contributed by atoms with Gasteiger partial charge in [-0.25, -0.2) is 0 Å². The Morgan fingerprint density at radius 2 is 2.11 bits per heavy atom. The number of benzene rings is 1. The number of rotatable bonds is 3. The van der Waals surface area contributed by atoms with Gasteiger partial charge in [0.25, 0.3) is 5.91 Å². The van der Waals surface area contributed by atoms with Crippen molar-refractivity contribution in [3.05, 3.63) is 34.9 Å². The van der Waals surface area contributed by atoms with Crippen molar-refractivity contribution < 1.29 is 9.90 Å². The van der Waals surface area contributed by atoms with Crippen LogP contribution in [0.3, 0.4) is 0 Å². The van der Waals surface area contributed by atoms with Gasteiger partial charge in [0.15, 0.2) is 0 Å². The van der Waals surface area contributed by atoms with E-state index in [1.54, 1.807) is 0 Å². The Morgan fingerprint density at radius 3 is 2.63 bits per heavy atom. The Kier molecular flexibility index (Phi) is 5.59. The van der Waals surface area contributed by atoms with Gasteiger partial charge in [0.2, 0.25) is 0 Å². The molecule has 19 heavy (non-hydrogen) atoms. The van der Waals surface area contributed by atoms with Gasteiger partial charge in [-0.05, 0) is 45.4 Å². The first-order valence-electron chi connectivity index (χ1n) is 6.53. The summed E-state index contributed by atoms with van der Waals surface area (Å²) in [7, 11) is 0. The lowest BCUT2D eigenvalue weighted by Crippen LogP contribution is -2.37. The van der Waals surface area contributed by atoms with Gasteiger partial charge in [-0.2, -0.15) is 0 Å². The van der Waals surface area contributed by atoms with E-state index in [2.05, 4.69) is 11.8 Å². The van der Waals surface area contributed by atoms with Crippen LogP contribution in [0, 0.1) is 18.8 Å². The van der Waals surface area contributed by atoms with E-state index in [0.29, 0.717) is 12.1 Å². The van der Waals surface area contributed by atoms with Crippen molar-refractivity contribution in [3.8, 4) is 11.8 Å². The normalized spacial score (nSPS) is 10.0. The molecule has 0 spiro atoms. The molecule has 0 radical (unpaired) electrons. The molecular formula is C16H21NO2. The zero-order valence-corrected chi connectivity index (χ0v) is 12.0. The van der Waals surface area contributed by atoms with Crippen molar-refractivity contribution in [2.75, 3.05) is 13.2 Å². The van der Waals surface area contributed by atoms with Gasteiger partial charge >= 0.3 is 0 Å². The molecule has 0 unspecified atom stereocenters. The fourth-order valence-electron chi connectivity index (χ4n) is 2.04. The van der Waals surface area contributed by atoms with Crippen molar-refractivity contribution >= 4 is 5.91 Å². The molecule has 102 valence electrons. The first-order valence-corrected chi connectivity index (χ1v) is 6.53. The third kappa shape index (κ3) is 3.59. The lowest BCUT2D eigenvalue weighted by Gasteiger charge is -2.26. The van der Waals surface area contributed by atoms with Crippen molar-refractivity contribution in [2.45, 2.75) is 33.7 Å². The summed E-state index contributed by atoms with van der Waals surface area (Å²) in [4.78, 5) is 14.3. The maximum Gasteiger partial charge on any atom is 0.254 e. The summed E-state index contributed by atoms with van der Waals surface area (Å²) in [6, 6.07) is 5.69. The highest BCUT2D eigenvalue weighted by Gasteiger charge is 2.19. The number of hydrogen-bond donors (Lipinski definition) is 1. The average Bonchev–Trinajstić information content (AvgIpc) is 2.37. The molecule has 0 fully saturated rings. The molecule has 1 aromatic carbocycles. The zero-order chi connectivity index (χ0) is 14.4. The highest BCUT2D eigenvalue weighted by molar-refractivity contribution is 5.96. The Hall–Kier alpha value is -1.79. The molecule has 0 saturated carbocycles. The molecule has 0 heterocycles. The standard InChI is InChI=1S/C16H21NO2/c1-5-17(12(2)3)16(19)15-10-6-8-14(13(15)4)9-7-11-18/h6,8,10,12,18H,5,11H2,1-4H3. The second kappa shape index (κ2) is 6.96. The summed E-state index contributed by atoms with van der Waals surface area (Å²) in [5, 5.41) is 8.75. The average molecular weight is 259 g/mol. The Labute approximate surface area is 115 Å². The molecule has 0 bridgehead atoms. The molecule has 0 aromatic heterocycles. The van der Waals surface area contributed by atoms with Crippen LogP contribution in [0.2, 0.25) is 0 Å². The van der Waals surface area contributed by atoms with E-state index in [4.69, 9.17) is 5.11 Å². The smallest absolute Gasteiger partial charge is 0.254 e. The van der Waals surface area contributed by atoms with Crippen LogP contribution in [0.25, 0.3) is 0 Å². The van der Waals surface area contributed by atoms with Crippen LogP contribution in [-0.4, -0.2) is 35.1 Å². The molecule has 1 amide bonds. The molecular weight excluding hydrogens is 238 g/mol. The predicted molar refractivity (Wildman–Crippen MR) is 77.0 cm³/mol. The molecule has 0 atom stereocenters. The summed E-state index contributed by atoms with van der Waals surface area (Å²) < 4.78 is 0. The lowest BCUT2D eigenvalue weighted by molar-refractivity contribution is 0.0716. The first-order chi connectivity index (χ1) is 9.02. The van der Waals surface area contributed by atoms with E-state index < -0.39 is 0 Å². The maximum absolute atomic E-state index is 12.5. The van der Waals surface area contributed by atoms with Crippen LogP contribution in [0.4, 0.5) is 0 Å². The van der Waals surface area contributed by atoms with Crippen LogP contribution in [0.1, 0.15) is 42.3 Å². The summed E-state index contributed by atoms with van der Waals surface area (Å²) >= 11 is 0. The predicted octanol–water partition coefficient (Wildman–Crippen LogP) is 2.21. The quantitative estimate of drug-likeness (QED) is 0.845. The van der Waals surface area contributed by atoms with Crippen molar-refractivity contribution in [1.82, 2.24) is 4.90 Å². The lowest BCUT2D eigenvalue weighted by atomic mass is 10.0. The van der Waals surface area contributed by atoms with Crippen LogP contribution in [0.15, 0.2) is 18.2 Å².